The van der Waals surface area contributed by atoms with Gasteiger partial charge in [-0.25, -0.2) is 4.98 Å². The van der Waals surface area contributed by atoms with Crippen molar-refractivity contribution in [2.75, 3.05) is 5.32 Å². The number of thioether (sulfide) groups is 1. The normalized spacial score (nSPS) is 15.0. The second-order valence-electron chi connectivity index (χ2n) is 7.79. The number of thiocarbonyl (C=S) groups is 1. The van der Waals surface area contributed by atoms with E-state index in [2.05, 4.69) is 10.3 Å². The third-order valence-electron chi connectivity index (χ3n) is 5.39. The standard InChI is InChI=1S/C25H20N4O3S2/c1-16-7-9-17(10-8-16)14-26-22-19(23(30)28-11-3-2-6-21(28)27-22)13-20-24(31)29(25(33)34-20)15-18-5-4-12-32-18/h2-13,26H,14-15H2,1H3/b20-13-. The second kappa shape index (κ2) is 9.28. The smallest absolute Gasteiger partial charge is 0.267 e. The van der Waals surface area contributed by atoms with E-state index in [9.17, 15) is 9.59 Å². The zero-order valence-corrected chi connectivity index (χ0v) is 19.9. The van der Waals surface area contributed by atoms with Gasteiger partial charge in [0.15, 0.2) is 0 Å². The third-order valence-corrected chi connectivity index (χ3v) is 6.77. The Morgan fingerprint density at radius 2 is 1.94 bits per heavy atom. The highest BCUT2D eigenvalue weighted by atomic mass is 32.2. The Hall–Kier alpha value is -3.69. The van der Waals surface area contributed by atoms with Gasteiger partial charge in [-0.1, -0.05) is 59.9 Å². The van der Waals surface area contributed by atoms with E-state index >= 15 is 0 Å². The van der Waals surface area contributed by atoms with Crippen LogP contribution in [0.3, 0.4) is 0 Å². The lowest BCUT2D eigenvalue weighted by atomic mass is 10.1. The van der Waals surface area contributed by atoms with Crippen LogP contribution in [0.1, 0.15) is 22.5 Å². The number of anilines is 1. The number of hydrogen-bond donors (Lipinski definition) is 1. The van der Waals surface area contributed by atoms with Gasteiger partial charge in [-0.15, -0.1) is 0 Å². The van der Waals surface area contributed by atoms with Gasteiger partial charge in [-0.05, 0) is 42.8 Å². The van der Waals surface area contributed by atoms with Crippen LogP contribution in [0.5, 0.6) is 0 Å². The first-order chi connectivity index (χ1) is 16.5. The van der Waals surface area contributed by atoms with Gasteiger partial charge in [0.05, 0.1) is 23.3 Å². The molecular weight excluding hydrogens is 468 g/mol. The van der Waals surface area contributed by atoms with Gasteiger partial charge in [0.1, 0.15) is 21.5 Å². The summed E-state index contributed by atoms with van der Waals surface area (Å²) in [5.74, 6) is 0.770. The van der Waals surface area contributed by atoms with Gasteiger partial charge in [0.25, 0.3) is 11.5 Å². The molecule has 4 aromatic rings. The molecule has 1 amide bonds. The number of carbonyl (C=O) groups excluding carboxylic acids is 1. The van der Waals surface area contributed by atoms with Crippen molar-refractivity contribution < 1.29 is 9.21 Å². The first-order valence-corrected chi connectivity index (χ1v) is 11.8. The van der Waals surface area contributed by atoms with Crippen molar-refractivity contribution in [3.05, 3.63) is 105 Å². The Morgan fingerprint density at radius 1 is 1.12 bits per heavy atom. The zero-order valence-electron chi connectivity index (χ0n) is 18.2. The summed E-state index contributed by atoms with van der Waals surface area (Å²) in [4.78, 5) is 33.0. The lowest BCUT2D eigenvalue weighted by molar-refractivity contribution is -0.122. The zero-order chi connectivity index (χ0) is 23.7. The number of pyridine rings is 1. The van der Waals surface area contributed by atoms with Gasteiger partial charge < -0.3 is 9.73 Å². The summed E-state index contributed by atoms with van der Waals surface area (Å²) in [5.41, 5.74) is 2.77. The molecule has 0 atom stereocenters. The molecule has 0 unspecified atom stereocenters. The average Bonchev–Trinajstić information content (AvgIpc) is 3.45. The van der Waals surface area contributed by atoms with E-state index in [0.29, 0.717) is 38.6 Å². The van der Waals surface area contributed by atoms with Gasteiger partial charge in [0, 0.05) is 12.7 Å². The van der Waals surface area contributed by atoms with Crippen molar-refractivity contribution in [3.63, 3.8) is 0 Å². The molecule has 0 bridgehead atoms. The van der Waals surface area contributed by atoms with Crippen molar-refractivity contribution in [2.45, 2.75) is 20.0 Å². The van der Waals surface area contributed by atoms with Crippen molar-refractivity contribution in [2.24, 2.45) is 0 Å². The maximum absolute atomic E-state index is 13.4. The SMILES string of the molecule is Cc1ccc(CNc2nc3ccccn3c(=O)c2/C=C2\SC(=S)N(Cc3ccco3)C2=O)cc1. The molecule has 0 saturated carbocycles. The van der Waals surface area contributed by atoms with Crippen LogP contribution in [0, 0.1) is 6.92 Å². The molecule has 4 heterocycles. The molecule has 34 heavy (non-hydrogen) atoms. The quantitative estimate of drug-likeness (QED) is 0.314. The van der Waals surface area contributed by atoms with E-state index in [1.165, 1.54) is 14.9 Å². The highest BCUT2D eigenvalue weighted by Gasteiger charge is 2.33. The predicted molar refractivity (Wildman–Crippen MR) is 137 cm³/mol. The van der Waals surface area contributed by atoms with E-state index in [4.69, 9.17) is 16.6 Å². The van der Waals surface area contributed by atoms with Crippen molar-refractivity contribution in [1.82, 2.24) is 14.3 Å². The van der Waals surface area contributed by atoms with Crippen molar-refractivity contribution in [1.29, 1.82) is 0 Å². The molecule has 0 radical (unpaired) electrons. The first-order valence-electron chi connectivity index (χ1n) is 10.6. The van der Waals surface area contributed by atoms with Crippen molar-refractivity contribution in [3.8, 4) is 0 Å². The summed E-state index contributed by atoms with van der Waals surface area (Å²) in [7, 11) is 0. The molecule has 5 rings (SSSR count). The summed E-state index contributed by atoms with van der Waals surface area (Å²) in [6.45, 7) is 2.75. The molecule has 1 aliphatic rings. The fraction of sp³-hybridized carbons (Fsp3) is 0.120. The Balaban J connectivity index is 1.51. The van der Waals surface area contributed by atoms with Gasteiger partial charge in [-0.3, -0.25) is 18.9 Å². The van der Waals surface area contributed by atoms with Crippen molar-refractivity contribution >= 4 is 51.7 Å². The fourth-order valence-corrected chi connectivity index (χ4v) is 4.82. The Kier molecular flexibility index (Phi) is 6.04. The third kappa shape index (κ3) is 4.40. The number of hydrogen-bond acceptors (Lipinski definition) is 7. The van der Waals surface area contributed by atoms with Crippen LogP contribution in [0.2, 0.25) is 0 Å². The maximum atomic E-state index is 13.4. The lowest BCUT2D eigenvalue weighted by Crippen LogP contribution is -2.27. The first kappa shape index (κ1) is 22.1. The van der Waals surface area contributed by atoms with E-state index in [1.54, 1.807) is 42.8 Å². The molecule has 1 aromatic carbocycles. The minimum absolute atomic E-state index is 0.239. The number of nitrogens with one attached hydrogen (secondary N) is 1. The monoisotopic (exact) mass is 488 g/mol. The minimum Gasteiger partial charge on any atom is -0.467 e. The number of rotatable bonds is 6. The van der Waals surface area contributed by atoms with Crippen LogP contribution in [0.4, 0.5) is 5.82 Å². The molecule has 1 fully saturated rings. The summed E-state index contributed by atoms with van der Waals surface area (Å²) >= 11 is 6.58. The molecule has 9 heteroatoms. The fourth-order valence-electron chi connectivity index (χ4n) is 3.59. The van der Waals surface area contributed by atoms with Gasteiger partial charge >= 0.3 is 0 Å². The van der Waals surface area contributed by atoms with Crippen LogP contribution in [-0.2, 0) is 17.9 Å². The maximum Gasteiger partial charge on any atom is 0.267 e. The van der Waals surface area contributed by atoms with Gasteiger partial charge in [-0.2, -0.15) is 0 Å². The minimum atomic E-state index is -0.270. The van der Waals surface area contributed by atoms with E-state index in [0.717, 1.165) is 17.3 Å². The molecule has 1 aliphatic heterocycles. The molecule has 1 N–H and O–H groups in total. The lowest BCUT2D eigenvalue weighted by Gasteiger charge is -2.12. The van der Waals surface area contributed by atoms with Crippen LogP contribution >= 0.6 is 24.0 Å². The average molecular weight is 489 g/mol. The summed E-state index contributed by atoms with van der Waals surface area (Å²) in [6, 6.07) is 17.0. The predicted octanol–water partition coefficient (Wildman–Crippen LogP) is 4.61. The number of aryl methyl sites for hydroxylation is 1. The summed E-state index contributed by atoms with van der Waals surface area (Å²) in [5, 5.41) is 3.28. The number of amides is 1. The van der Waals surface area contributed by atoms with Crippen LogP contribution < -0.4 is 10.9 Å². The topological polar surface area (TPSA) is 79.9 Å². The molecule has 0 aliphatic carbocycles. The molecule has 170 valence electrons. The van der Waals surface area contributed by atoms with Crippen LogP contribution in [0.15, 0.2) is 81.2 Å². The largest absolute Gasteiger partial charge is 0.467 e. The number of benzene rings is 1. The molecule has 1 saturated heterocycles. The number of nitrogens with zero attached hydrogens (tertiary/aromatic N) is 3. The highest BCUT2D eigenvalue weighted by Crippen LogP contribution is 2.34. The molecule has 3 aromatic heterocycles. The molecular formula is C25H20N4O3S2. The van der Waals surface area contributed by atoms with Crippen LogP contribution in [-0.4, -0.2) is 24.5 Å². The number of furan rings is 1. The van der Waals surface area contributed by atoms with Crippen LogP contribution in [0.25, 0.3) is 11.7 Å². The Labute approximate surface area is 205 Å². The highest BCUT2D eigenvalue weighted by molar-refractivity contribution is 8.26. The van der Waals surface area contributed by atoms with Gasteiger partial charge in [0.2, 0.25) is 0 Å². The molecule has 0 spiro atoms. The van der Waals surface area contributed by atoms with E-state index < -0.39 is 0 Å². The number of fused-ring (bicyclic) bond motifs is 1. The Bertz CT molecular complexity index is 1470. The van der Waals surface area contributed by atoms with E-state index in [-0.39, 0.29) is 18.0 Å². The number of carbonyl (C=O) groups is 1. The second-order valence-corrected chi connectivity index (χ2v) is 9.47. The molecule has 7 nitrogen and oxygen atoms in total. The number of aromatic nitrogens is 2. The Morgan fingerprint density at radius 3 is 2.71 bits per heavy atom. The van der Waals surface area contributed by atoms with E-state index in [1.807, 2.05) is 37.3 Å². The summed E-state index contributed by atoms with van der Waals surface area (Å²) < 4.78 is 7.24. The summed E-state index contributed by atoms with van der Waals surface area (Å²) in [6.07, 6.45) is 4.79.